The zero-order chi connectivity index (χ0) is 30.6. The standard InChI is InChI=1S/C31H42N10O2/c1-20-5-6-22(29(43)38-26(32)16-25(42)31(2,3)4)15-23(20)37-28-27-24(35-19-36-28)17-34-30(39-27)41-13-11-40(12-14-41)18-21-7-9-33-10-8-21/h5-6,15-17,19,21,33,42H,7-14,18H2,1-4H3,(H2,32,38,43)(H,35,36,37)/b25-16-. The van der Waals surface area contributed by atoms with E-state index in [9.17, 15) is 9.90 Å². The van der Waals surface area contributed by atoms with Crippen LogP contribution in [-0.2, 0) is 0 Å². The molecule has 43 heavy (non-hydrogen) atoms. The van der Waals surface area contributed by atoms with E-state index >= 15 is 0 Å². The molecular formula is C31H42N10O2. The number of nitrogens with zero attached hydrogens (tertiary/aromatic N) is 6. The summed E-state index contributed by atoms with van der Waals surface area (Å²) in [5, 5.41) is 27.6. The van der Waals surface area contributed by atoms with Crippen LogP contribution in [0.5, 0.6) is 0 Å². The number of benzene rings is 1. The monoisotopic (exact) mass is 586 g/mol. The van der Waals surface area contributed by atoms with Crippen LogP contribution in [0.15, 0.2) is 42.6 Å². The van der Waals surface area contributed by atoms with Gasteiger partial charge in [-0.1, -0.05) is 26.8 Å². The lowest BCUT2D eigenvalue weighted by Crippen LogP contribution is -2.49. The lowest BCUT2D eigenvalue weighted by molar-refractivity contribution is 0.0977. The molecule has 5 N–H and O–H groups in total. The van der Waals surface area contributed by atoms with Gasteiger partial charge in [0.25, 0.3) is 5.91 Å². The third-order valence-electron chi connectivity index (χ3n) is 8.05. The Kier molecular flexibility index (Phi) is 9.16. The van der Waals surface area contributed by atoms with E-state index in [1.807, 2.05) is 33.8 Å². The first-order valence-corrected chi connectivity index (χ1v) is 14.9. The minimum atomic E-state index is -0.525. The van der Waals surface area contributed by atoms with Gasteiger partial charge in [0.2, 0.25) is 5.95 Å². The van der Waals surface area contributed by atoms with E-state index in [0.29, 0.717) is 34.1 Å². The average molecular weight is 587 g/mol. The van der Waals surface area contributed by atoms with E-state index in [1.54, 1.807) is 18.3 Å². The molecule has 1 amide bonds. The number of amides is 1. The molecule has 12 nitrogen and oxygen atoms in total. The highest BCUT2D eigenvalue weighted by molar-refractivity contribution is 6.09. The van der Waals surface area contributed by atoms with E-state index in [0.717, 1.165) is 57.3 Å². The minimum Gasteiger partial charge on any atom is -0.512 e. The summed E-state index contributed by atoms with van der Waals surface area (Å²) in [6, 6.07) is 5.24. The summed E-state index contributed by atoms with van der Waals surface area (Å²) in [5.74, 6) is 1.31. The predicted molar refractivity (Wildman–Crippen MR) is 169 cm³/mol. The Labute approximate surface area is 252 Å². The van der Waals surface area contributed by atoms with Gasteiger partial charge >= 0.3 is 0 Å². The number of carbonyl (C=O) groups excluding carboxylic acids is 1. The molecule has 0 bridgehead atoms. The molecule has 0 saturated carbocycles. The van der Waals surface area contributed by atoms with Crippen LogP contribution in [0.4, 0.5) is 17.5 Å². The Balaban J connectivity index is 1.29. The summed E-state index contributed by atoms with van der Waals surface area (Å²) in [5.41, 5.74) is 2.64. The third kappa shape index (κ3) is 7.63. The predicted octanol–water partition coefficient (Wildman–Crippen LogP) is 3.79. The van der Waals surface area contributed by atoms with Crippen LogP contribution in [0.2, 0.25) is 0 Å². The van der Waals surface area contributed by atoms with Gasteiger partial charge in [0.1, 0.15) is 29.0 Å². The van der Waals surface area contributed by atoms with Gasteiger partial charge in [-0.3, -0.25) is 15.1 Å². The number of fused-ring (bicyclic) bond motifs is 1. The number of nitrogens with one attached hydrogen (secondary N) is 4. The van der Waals surface area contributed by atoms with Gasteiger partial charge in [0.15, 0.2) is 5.82 Å². The second-order valence-electron chi connectivity index (χ2n) is 12.4. The van der Waals surface area contributed by atoms with Crippen molar-refractivity contribution in [2.75, 3.05) is 56.0 Å². The molecular weight excluding hydrogens is 544 g/mol. The molecule has 2 aromatic heterocycles. The average Bonchev–Trinajstić information content (AvgIpc) is 2.98. The molecule has 0 spiro atoms. The number of aryl methyl sites for hydroxylation is 1. The number of aromatic nitrogens is 4. The van der Waals surface area contributed by atoms with Crippen LogP contribution in [0.25, 0.3) is 11.0 Å². The summed E-state index contributed by atoms with van der Waals surface area (Å²) in [6.07, 6.45) is 6.95. The van der Waals surface area contributed by atoms with E-state index < -0.39 is 11.3 Å². The van der Waals surface area contributed by atoms with Crippen LogP contribution in [0.1, 0.15) is 49.5 Å². The highest BCUT2D eigenvalue weighted by Crippen LogP contribution is 2.27. The number of carbonyl (C=O) groups is 1. The van der Waals surface area contributed by atoms with Crippen molar-refractivity contribution in [1.82, 2.24) is 35.5 Å². The second-order valence-corrected chi connectivity index (χ2v) is 12.4. The Morgan fingerprint density at radius 1 is 1.14 bits per heavy atom. The Morgan fingerprint density at radius 2 is 1.88 bits per heavy atom. The van der Waals surface area contributed by atoms with Gasteiger partial charge in [-0.15, -0.1) is 0 Å². The maximum atomic E-state index is 12.9. The molecule has 5 rings (SSSR count). The molecule has 2 aliphatic heterocycles. The number of anilines is 3. The maximum Gasteiger partial charge on any atom is 0.256 e. The molecule has 0 atom stereocenters. The number of amidine groups is 1. The topological polar surface area (TPSA) is 155 Å². The Bertz CT molecular complexity index is 1500. The number of hydrogen-bond donors (Lipinski definition) is 5. The number of hydrogen-bond acceptors (Lipinski definition) is 11. The van der Waals surface area contributed by atoms with Gasteiger partial charge < -0.3 is 26.0 Å². The zero-order valence-corrected chi connectivity index (χ0v) is 25.4. The number of allylic oxidation sites excluding steroid dienone is 1. The highest BCUT2D eigenvalue weighted by Gasteiger charge is 2.23. The number of piperidine rings is 1. The number of aliphatic hydroxyl groups excluding tert-OH is 1. The van der Waals surface area contributed by atoms with Crippen molar-refractivity contribution in [3.05, 3.63) is 53.7 Å². The quantitative estimate of drug-likeness (QED) is 0.157. The van der Waals surface area contributed by atoms with Crippen molar-refractivity contribution < 1.29 is 9.90 Å². The van der Waals surface area contributed by atoms with Crippen molar-refractivity contribution in [2.24, 2.45) is 11.3 Å². The smallest absolute Gasteiger partial charge is 0.256 e. The van der Waals surface area contributed by atoms with Crippen molar-refractivity contribution in [2.45, 2.75) is 40.5 Å². The van der Waals surface area contributed by atoms with Gasteiger partial charge in [0.05, 0.1) is 6.20 Å². The van der Waals surface area contributed by atoms with Crippen LogP contribution < -0.4 is 20.9 Å². The van der Waals surface area contributed by atoms with Crippen molar-refractivity contribution in [3.8, 4) is 0 Å². The van der Waals surface area contributed by atoms with E-state index in [4.69, 9.17) is 10.4 Å². The molecule has 1 aromatic carbocycles. The lowest BCUT2D eigenvalue weighted by Gasteiger charge is -2.37. The molecule has 2 saturated heterocycles. The first-order chi connectivity index (χ1) is 20.6. The molecule has 3 aromatic rings. The number of aliphatic hydroxyl groups is 1. The van der Waals surface area contributed by atoms with Crippen LogP contribution in [-0.4, -0.2) is 87.5 Å². The van der Waals surface area contributed by atoms with E-state index in [2.05, 4.69) is 40.7 Å². The fourth-order valence-electron chi connectivity index (χ4n) is 5.26. The van der Waals surface area contributed by atoms with Crippen molar-refractivity contribution in [3.63, 3.8) is 0 Å². The second kappa shape index (κ2) is 13.0. The summed E-state index contributed by atoms with van der Waals surface area (Å²) >= 11 is 0. The SMILES string of the molecule is Cc1ccc(C(=O)NC(=N)/C=C(\O)C(C)(C)C)cc1Nc1ncnc2cnc(N3CCN(CC4CCNCC4)CC3)nc12. The first kappa shape index (κ1) is 30.3. The zero-order valence-electron chi connectivity index (χ0n) is 25.4. The van der Waals surface area contributed by atoms with Crippen LogP contribution >= 0.6 is 0 Å². The summed E-state index contributed by atoms with van der Waals surface area (Å²) < 4.78 is 0. The molecule has 12 heteroatoms. The maximum absolute atomic E-state index is 12.9. The molecule has 4 heterocycles. The summed E-state index contributed by atoms with van der Waals surface area (Å²) in [7, 11) is 0. The van der Waals surface area contributed by atoms with Crippen molar-refractivity contribution in [1.29, 1.82) is 5.41 Å². The van der Waals surface area contributed by atoms with Gasteiger partial charge in [-0.25, -0.2) is 19.9 Å². The van der Waals surface area contributed by atoms with E-state index in [1.165, 1.54) is 25.2 Å². The first-order valence-electron chi connectivity index (χ1n) is 14.9. The fraction of sp³-hybridized carbons (Fsp3) is 0.484. The van der Waals surface area contributed by atoms with Crippen molar-refractivity contribution >= 4 is 40.2 Å². The molecule has 2 fully saturated rings. The van der Waals surface area contributed by atoms with Crippen LogP contribution in [0.3, 0.4) is 0 Å². The van der Waals surface area contributed by atoms with Gasteiger partial charge in [-0.2, -0.15) is 0 Å². The number of piperazine rings is 1. The fourth-order valence-corrected chi connectivity index (χ4v) is 5.26. The lowest BCUT2D eigenvalue weighted by atomic mass is 9.93. The van der Waals surface area contributed by atoms with Crippen LogP contribution in [0, 0.1) is 23.7 Å². The Hall–Kier alpha value is -4.16. The molecule has 2 aliphatic rings. The largest absolute Gasteiger partial charge is 0.512 e. The third-order valence-corrected chi connectivity index (χ3v) is 8.05. The highest BCUT2D eigenvalue weighted by atomic mass is 16.3. The summed E-state index contributed by atoms with van der Waals surface area (Å²) in [4.78, 5) is 36.0. The summed E-state index contributed by atoms with van der Waals surface area (Å²) in [6.45, 7) is 14.5. The Morgan fingerprint density at radius 3 is 2.60 bits per heavy atom. The molecule has 0 radical (unpaired) electrons. The molecule has 0 unspecified atom stereocenters. The normalized spacial score (nSPS) is 17.2. The van der Waals surface area contributed by atoms with Gasteiger partial charge in [0, 0.05) is 55.5 Å². The minimum absolute atomic E-state index is 0.0140. The van der Waals surface area contributed by atoms with Gasteiger partial charge in [-0.05, 0) is 56.5 Å². The molecule has 228 valence electrons. The number of rotatable bonds is 7. The van der Waals surface area contributed by atoms with E-state index in [-0.39, 0.29) is 11.6 Å². The molecule has 0 aliphatic carbocycles.